The van der Waals surface area contributed by atoms with E-state index in [4.69, 9.17) is 4.74 Å². The molecule has 0 aromatic heterocycles. The number of hydrogen-bond acceptors (Lipinski definition) is 3. The number of rotatable bonds is 3. The highest BCUT2D eigenvalue weighted by atomic mass is 32.1. The summed E-state index contributed by atoms with van der Waals surface area (Å²) in [5, 5.41) is 0. The van der Waals surface area contributed by atoms with Crippen molar-refractivity contribution in [2.75, 3.05) is 0 Å². The first kappa shape index (κ1) is 10.1. The van der Waals surface area contributed by atoms with E-state index in [0.717, 1.165) is 10.5 Å². The van der Waals surface area contributed by atoms with Gasteiger partial charge in [-0.3, -0.25) is 4.79 Å². The molecule has 0 spiro atoms. The van der Waals surface area contributed by atoms with Crippen LogP contribution >= 0.6 is 12.6 Å². The maximum absolute atomic E-state index is 10.8. The van der Waals surface area contributed by atoms with Crippen LogP contribution in [0.15, 0.2) is 29.2 Å². The van der Waals surface area contributed by atoms with E-state index in [1.54, 1.807) is 6.92 Å². The average molecular weight is 196 g/mol. The lowest BCUT2D eigenvalue weighted by molar-refractivity contribution is -0.144. The molecule has 0 bridgehead atoms. The van der Waals surface area contributed by atoms with Gasteiger partial charge in [0.05, 0.1) is 0 Å². The molecule has 1 aromatic rings. The fourth-order valence-corrected chi connectivity index (χ4v) is 1.01. The largest absolute Gasteiger partial charge is 0.461 e. The second kappa shape index (κ2) is 4.92. The number of carbonyl (C=O) groups is 1. The first-order valence-corrected chi connectivity index (χ1v) is 4.60. The molecule has 0 aliphatic heterocycles. The second-order valence-corrected chi connectivity index (χ2v) is 3.20. The zero-order valence-corrected chi connectivity index (χ0v) is 8.38. The normalized spacial score (nSPS) is 9.69. The van der Waals surface area contributed by atoms with E-state index in [2.05, 4.69) is 12.6 Å². The van der Waals surface area contributed by atoms with Crippen LogP contribution in [0.3, 0.4) is 0 Å². The molecule has 0 saturated heterocycles. The third kappa shape index (κ3) is 3.51. The zero-order valence-electron chi connectivity index (χ0n) is 7.49. The maximum atomic E-state index is 10.8. The van der Waals surface area contributed by atoms with Crippen molar-refractivity contribution in [2.24, 2.45) is 0 Å². The Kier molecular flexibility index (Phi) is 3.83. The third-order valence-corrected chi connectivity index (χ3v) is 1.92. The lowest BCUT2D eigenvalue weighted by atomic mass is 10.2. The Bertz CT molecular complexity index is 279. The van der Waals surface area contributed by atoms with Gasteiger partial charge in [0.2, 0.25) is 0 Å². The SMILES string of the molecule is CCC(=O)OCc1ccc(S)cc1. The molecule has 0 atom stereocenters. The van der Waals surface area contributed by atoms with Crippen LogP contribution in [0.5, 0.6) is 0 Å². The van der Waals surface area contributed by atoms with Crippen molar-refractivity contribution in [1.82, 2.24) is 0 Å². The lowest BCUT2D eigenvalue weighted by Crippen LogP contribution is -2.01. The molecule has 3 heteroatoms. The highest BCUT2D eigenvalue weighted by Gasteiger charge is 1.98. The van der Waals surface area contributed by atoms with Crippen molar-refractivity contribution in [3.05, 3.63) is 29.8 Å². The van der Waals surface area contributed by atoms with Gasteiger partial charge in [-0.25, -0.2) is 0 Å². The maximum Gasteiger partial charge on any atom is 0.305 e. The van der Waals surface area contributed by atoms with Crippen LogP contribution in [0.4, 0.5) is 0 Å². The van der Waals surface area contributed by atoms with Gasteiger partial charge in [-0.15, -0.1) is 12.6 Å². The molecule has 0 amide bonds. The van der Waals surface area contributed by atoms with Gasteiger partial charge in [-0.2, -0.15) is 0 Å². The molecule has 70 valence electrons. The van der Waals surface area contributed by atoms with Gasteiger partial charge in [0.25, 0.3) is 0 Å². The first-order chi connectivity index (χ1) is 6.22. The van der Waals surface area contributed by atoms with Gasteiger partial charge in [0.1, 0.15) is 6.61 Å². The Morgan fingerprint density at radius 2 is 2.00 bits per heavy atom. The molecule has 0 saturated carbocycles. The molecular formula is C10H12O2S. The Balaban J connectivity index is 2.46. The summed E-state index contributed by atoms with van der Waals surface area (Å²) in [4.78, 5) is 11.7. The van der Waals surface area contributed by atoms with Gasteiger partial charge in [0, 0.05) is 11.3 Å². The van der Waals surface area contributed by atoms with Crippen molar-refractivity contribution in [2.45, 2.75) is 24.8 Å². The van der Waals surface area contributed by atoms with Crippen molar-refractivity contribution in [3.63, 3.8) is 0 Å². The number of ether oxygens (including phenoxy) is 1. The van der Waals surface area contributed by atoms with Crippen LogP contribution in [0, 0.1) is 0 Å². The van der Waals surface area contributed by atoms with E-state index < -0.39 is 0 Å². The van der Waals surface area contributed by atoms with Crippen LogP contribution in [0.25, 0.3) is 0 Å². The Labute approximate surface area is 83.3 Å². The van der Waals surface area contributed by atoms with E-state index in [-0.39, 0.29) is 5.97 Å². The summed E-state index contributed by atoms with van der Waals surface area (Å²) in [5.41, 5.74) is 0.986. The fourth-order valence-electron chi connectivity index (χ4n) is 0.858. The van der Waals surface area contributed by atoms with E-state index >= 15 is 0 Å². The topological polar surface area (TPSA) is 26.3 Å². The van der Waals surface area contributed by atoms with Gasteiger partial charge < -0.3 is 4.74 Å². The smallest absolute Gasteiger partial charge is 0.305 e. The summed E-state index contributed by atoms with van der Waals surface area (Å²) in [6.45, 7) is 2.12. The Hall–Kier alpha value is -0.960. The third-order valence-electron chi connectivity index (χ3n) is 1.62. The Morgan fingerprint density at radius 1 is 1.38 bits per heavy atom. The average Bonchev–Trinajstić information content (AvgIpc) is 2.16. The van der Waals surface area contributed by atoms with E-state index in [0.29, 0.717) is 13.0 Å². The van der Waals surface area contributed by atoms with Crippen LogP contribution < -0.4 is 0 Å². The summed E-state index contributed by atoms with van der Waals surface area (Å²) in [6.07, 6.45) is 0.421. The number of thiol groups is 1. The fraction of sp³-hybridized carbons (Fsp3) is 0.300. The molecule has 2 nitrogen and oxygen atoms in total. The molecule has 1 aromatic carbocycles. The number of carbonyl (C=O) groups excluding carboxylic acids is 1. The van der Waals surface area contributed by atoms with Crippen molar-refractivity contribution in [3.8, 4) is 0 Å². The number of esters is 1. The molecular weight excluding hydrogens is 184 g/mol. The van der Waals surface area contributed by atoms with Gasteiger partial charge in [0.15, 0.2) is 0 Å². The van der Waals surface area contributed by atoms with Crippen molar-refractivity contribution < 1.29 is 9.53 Å². The summed E-state index contributed by atoms with van der Waals surface area (Å²) in [6, 6.07) is 7.53. The highest BCUT2D eigenvalue weighted by molar-refractivity contribution is 7.80. The Morgan fingerprint density at radius 3 is 2.54 bits per heavy atom. The van der Waals surface area contributed by atoms with Gasteiger partial charge in [-0.05, 0) is 17.7 Å². The van der Waals surface area contributed by atoms with E-state index in [1.807, 2.05) is 24.3 Å². The minimum Gasteiger partial charge on any atom is -0.461 e. The molecule has 13 heavy (non-hydrogen) atoms. The minimum atomic E-state index is -0.171. The quantitative estimate of drug-likeness (QED) is 0.593. The van der Waals surface area contributed by atoms with E-state index in [9.17, 15) is 4.79 Å². The zero-order chi connectivity index (χ0) is 9.68. The molecule has 0 unspecified atom stereocenters. The molecule has 0 N–H and O–H groups in total. The summed E-state index contributed by atoms with van der Waals surface area (Å²) in [7, 11) is 0. The van der Waals surface area contributed by atoms with Crippen molar-refractivity contribution >= 4 is 18.6 Å². The minimum absolute atomic E-state index is 0.171. The molecule has 0 heterocycles. The van der Waals surface area contributed by atoms with Crippen LogP contribution in [0.1, 0.15) is 18.9 Å². The number of benzene rings is 1. The first-order valence-electron chi connectivity index (χ1n) is 4.16. The van der Waals surface area contributed by atoms with Crippen molar-refractivity contribution in [1.29, 1.82) is 0 Å². The number of hydrogen-bond donors (Lipinski definition) is 1. The molecule has 0 fully saturated rings. The molecule has 0 radical (unpaired) electrons. The molecule has 0 aliphatic carbocycles. The van der Waals surface area contributed by atoms with Gasteiger partial charge >= 0.3 is 5.97 Å². The summed E-state index contributed by atoms with van der Waals surface area (Å²) in [5.74, 6) is -0.171. The molecule has 0 aliphatic rings. The van der Waals surface area contributed by atoms with E-state index in [1.165, 1.54) is 0 Å². The summed E-state index contributed by atoms with van der Waals surface area (Å²) >= 11 is 4.15. The summed E-state index contributed by atoms with van der Waals surface area (Å²) < 4.78 is 4.95. The van der Waals surface area contributed by atoms with Gasteiger partial charge in [-0.1, -0.05) is 19.1 Å². The highest BCUT2D eigenvalue weighted by Crippen LogP contribution is 2.08. The predicted octanol–water partition coefficient (Wildman–Crippen LogP) is 2.43. The molecule has 1 rings (SSSR count). The second-order valence-electron chi connectivity index (χ2n) is 2.68. The van der Waals surface area contributed by atoms with Crippen LogP contribution in [-0.4, -0.2) is 5.97 Å². The lowest BCUT2D eigenvalue weighted by Gasteiger charge is -2.02. The monoisotopic (exact) mass is 196 g/mol. The standard InChI is InChI=1S/C10H12O2S/c1-2-10(11)12-7-8-3-5-9(13)6-4-8/h3-6,13H,2,7H2,1H3. The van der Waals surface area contributed by atoms with Crippen LogP contribution in [0.2, 0.25) is 0 Å². The predicted molar refractivity (Wildman–Crippen MR) is 53.8 cm³/mol. The van der Waals surface area contributed by atoms with Crippen LogP contribution in [-0.2, 0) is 16.1 Å².